The summed E-state index contributed by atoms with van der Waals surface area (Å²) in [4.78, 5) is 11.8. The molecule has 0 radical (unpaired) electrons. The monoisotopic (exact) mass is 422 g/mol. The van der Waals surface area contributed by atoms with Crippen molar-refractivity contribution in [1.82, 2.24) is 4.31 Å². The average molecular weight is 423 g/mol. The fraction of sp³-hybridized carbons (Fsp3) is 0.188. The van der Waals surface area contributed by atoms with Crippen LogP contribution in [0.15, 0.2) is 35.2 Å². The quantitative estimate of drug-likeness (QED) is 0.726. The number of benzene rings is 2. The van der Waals surface area contributed by atoms with Gasteiger partial charge >= 0.3 is 0 Å². The van der Waals surface area contributed by atoms with Crippen molar-refractivity contribution in [1.29, 1.82) is 0 Å². The number of hydrogen-bond donors (Lipinski definition) is 1. The van der Waals surface area contributed by atoms with Gasteiger partial charge in [-0.3, -0.25) is 4.79 Å². The van der Waals surface area contributed by atoms with Crippen molar-refractivity contribution in [3.05, 3.63) is 52.8 Å². The van der Waals surface area contributed by atoms with Gasteiger partial charge in [0.05, 0.1) is 29.3 Å². The third kappa shape index (κ3) is 4.52. The van der Waals surface area contributed by atoms with Crippen LogP contribution >= 0.6 is 11.6 Å². The van der Waals surface area contributed by atoms with E-state index in [0.717, 1.165) is 19.2 Å². The Kier molecular flexibility index (Phi) is 6.34. The number of amides is 1. The number of carbonyl (C=O) groups excluding carboxylic acids is 1. The second-order valence-electron chi connectivity index (χ2n) is 5.33. The first kappa shape index (κ1) is 21.0. The highest BCUT2D eigenvalue weighted by Gasteiger charge is 2.25. The third-order valence-electron chi connectivity index (χ3n) is 3.51. The molecule has 0 heterocycles. The summed E-state index contributed by atoms with van der Waals surface area (Å²) in [7, 11) is -1.61. The van der Waals surface area contributed by atoms with E-state index >= 15 is 0 Å². The van der Waals surface area contributed by atoms with Gasteiger partial charge < -0.3 is 10.1 Å². The first-order chi connectivity index (χ1) is 12.6. The zero-order valence-corrected chi connectivity index (χ0v) is 15.7. The molecule has 0 saturated carbocycles. The minimum absolute atomic E-state index is 0.0558. The van der Waals surface area contributed by atoms with E-state index in [1.54, 1.807) is 0 Å². The fourth-order valence-corrected chi connectivity index (χ4v) is 3.56. The first-order valence-electron chi connectivity index (χ1n) is 7.31. The van der Waals surface area contributed by atoms with E-state index < -0.39 is 45.6 Å². The molecule has 1 amide bonds. The van der Waals surface area contributed by atoms with Crippen LogP contribution in [0.25, 0.3) is 0 Å². The molecule has 11 heteroatoms. The number of sulfonamides is 1. The van der Waals surface area contributed by atoms with Crippen LogP contribution in [0.1, 0.15) is 0 Å². The molecule has 2 aromatic carbocycles. The van der Waals surface area contributed by atoms with Crippen LogP contribution in [0.2, 0.25) is 5.02 Å². The number of ether oxygens (including phenoxy) is 1. The number of nitrogens with zero attached hydrogens (tertiary/aromatic N) is 1. The second kappa shape index (κ2) is 8.15. The van der Waals surface area contributed by atoms with Crippen molar-refractivity contribution in [3.8, 4) is 5.75 Å². The lowest BCUT2D eigenvalue weighted by Gasteiger charge is -2.17. The van der Waals surface area contributed by atoms with Gasteiger partial charge in [0.1, 0.15) is 5.75 Å². The number of nitrogens with one attached hydrogen (secondary N) is 1. The summed E-state index contributed by atoms with van der Waals surface area (Å²) < 4.78 is 70.3. The summed E-state index contributed by atoms with van der Waals surface area (Å²) in [6.45, 7) is -0.704. The Hall–Kier alpha value is -2.30. The van der Waals surface area contributed by atoms with E-state index in [4.69, 9.17) is 16.3 Å². The first-order valence-corrected chi connectivity index (χ1v) is 9.13. The molecule has 6 nitrogen and oxygen atoms in total. The maximum absolute atomic E-state index is 13.6. The van der Waals surface area contributed by atoms with E-state index in [1.807, 2.05) is 5.32 Å². The molecule has 0 saturated heterocycles. The highest BCUT2D eigenvalue weighted by Crippen LogP contribution is 2.28. The second-order valence-corrected chi connectivity index (χ2v) is 7.78. The Morgan fingerprint density at radius 1 is 1.19 bits per heavy atom. The average Bonchev–Trinajstić information content (AvgIpc) is 2.62. The maximum atomic E-state index is 13.6. The normalized spacial score (nSPS) is 11.5. The topological polar surface area (TPSA) is 75.7 Å². The summed E-state index contributed by atoms with van der Waals surface area (Å²) in [5.74, 6) is -5.44. The van der Waals surface area contributed by atoms with Gasteiger partial charge in [0.2, 0.25) is 15.9 Å². The maximum Gasteiger partial charge on any atom is 0.243 e. The predicted octanol–water partition coefficient (Wildman–Crippen LogP) is 3.03. The largest absolute Gasteiger partial charge is 0.495 e. The van der Waals surface area contributed by atoms with Gasteiger partial charge in [0.15, 0.2) is 17.5 Å². The SMILES string of the molecule is COc1ccc(S(=O)(=O)N(C)CC(=O)Nc2ccc(F)c(F)c2F)cc1Cl. The number of methoxy groups -OCH3 is 1. The zero-order valence-electron chi connectivity index (χ0n) is 14.1. The van der Waals surface area contributed by atoms with E-state index in [-0.39, 0.29) is 15.7 Å². The number of rotatable bonds is 6. The van der Waals surface area contributed by atoms with Crippen LogP contribution in [0, 0.1) is 17.5 Å². The summed E-state index contributed by atoms with van der Waals surface area (Å²) in [6.07, 6.45) is 0. The molecule has 0 atom stereocenters. The number of hydrogen-bond acceptors (Lipinski definition) is 4. The van der Waals surface area contributed by atoms with Crippen molar-refractivity contribution in [3.63, 3.8) is 0 Å². The molecular formula is C16H14ClF3N2O4S. The minimum Gasteiger partial charge on any atom is -0.495 e. The molecule has 1 N–H and O–H groups in total. The van der Waals surface area contributed by atoms with Crippen LogP contribution in [0.3, 0.4) is 0 Å². The molecule has 27 heavy (non-hydrogen) atoms. The van der Waals surface area contributed by atoms with Crippen LogP contribution < -0.4 is 10.1 Å². The van der Waals surface area contributed by atoms with Crippen LogP contribution in [-0.2, 0) is 14.8 Å². The molecule has 146 valence electrons. The molecule has 0 spiro atoms. The van der Waals surface area contributed by atoms with Gasteiger partial charge in [-0.25, -0.2) is 21.6 Å². The highest BCUT2D eigenvalue weighted by molar-refractivity contribution is 7.89. The molecule has 0 aliphatic heterocycles. The summed E-state index contributed by atoms with van der Waals surface area (Å²) in [6, 6.07) is 5.19. The molecule has 0 fully saturated rings. The molecule has 0 unspecified atom stereocenters. The highest BCUT2D eigenvalue weighted by atomic mass is 35.5. The van der Waals surface area contributed by atoms with Crippen molar-refractivity contribution < 1.29 is 31.1 Å². The van der Waals surface area contributed by atoms with Crippen molar-refractivity contribution in [2.75, 3.05) is 26.0 Å². The van der Waals surface area contributed by atoms with Crippen molar-refractivity contribution in [2.45, 2.75) is 4.90 Å². The van der Waals surface area contributed by atoms with Crippen molar-refractivity contribution >= 4 is 33.2 Å². The molecule has 2 aromatic rings. The molecule has 0 aromatic heterocycles. The summed E-state index contributed by atoms with van der Waals surface area (Å²) >= 11 is 5.90. The molecule has 0 aliphatic rings. The smallest absolute Gasteiger partial charge is 0.243 e. The molecular weight excluding hydrogens is 409 g/mol. The summed E-state index contributed by atoms with van der Waals surface area (Å²) in [5.41, 5.74) is -0.614. The fourth-order valence-electron chi connectivity index (χ4n) is 2.09. The van der Waals surface area contributed by atoms with Crippen LogP contribution in [-0.4, -0.2) is 39.3 Å². The Morgan fingerprint density at radius 2 is 1.85 bits per heavy atom. The predicted molar refractivity (Wildman–Crippen MR) is 92.8 cm³/mol. The van der Waals surface area contributed by atoms with Gasteiger partial charge in [-0.05, 0) is 30.3 Å². The minimum atomic E-state index is -4.09. The van der Waals surface area contributed by atoms with Gasteiger partial charge in [0, 0.05) is 7.05 Å². The lowest BCUT2D eigenvalue weighted by atomic mass is 10.3. The number of likely N-dealkylation sites (N-methyl/N-ethyl adjacent to an activating group) is 1. The van der Waals surface area contributed by atoms with E-state index in [9.17, 15) is 26.4 Å². The Balaban J connectivity index is 2.16. The molecule has 0 bridgehead atoms. The third-order valence-corrected chi connectivity index (χ3v) is 5.60. The Morgan fingerprint density at radius 3 is 2.44 bits per heavy atom. The van der Waals surface area contributed by atoms with Crippen LogP contribution in [0.5, 0.6) is 5.75 Å². The molecule has 0 aliphatic carbocycles. The van der Waals surface area contributed by atoms with Gasteiger partial charge in [-0.15, -0.1) is 0 Å². The van der Waals surface area contributed by atoms with Gasteiger partial charge in [-0.1, -0.05) is 11.6 Å². The van der Waals surface area contributed by atoms with Crippen LogP contribution in [0.4, 0.5) is 18.9 Å². The zero-order chi connectivity index (χ0) is 20.4. The lowest BCUT2D eigenvalue weighted by Crippen LogP contribution is -2.35. The number of carbonyl (C=O) groups is 1. The summed E-state index contributed by atoms with van der Waals surface area (Å²) in [5, 5.41) is 2.05. The number of anilines is 1. The molecule has 2 rings (SSSR count). The van der Waals surface area contributed by atoms with Crippen molar-refractivity contribution in [2.24, 2.45) is 0 Å². The van der Waals surface area contributed by atoms with E-state index in [2.05, 4.69) is 0 Å². The number of halogens is 4. The Bertz CT molecular complexity index is 986. The van der Waals surface area contributed by atoms with Gasteiger partial charge in [0.25, 0.3) is 0 Å². The standard InChI is InChI=1S/C16H14ClF3N2O4S/c1-22(27(24,25)9-3-6-13(26-2)10(17)7-9)8-14(23)21-12-5-4-11(18)15(19)16(12)20/h3-7H,8H2,1-2H3,(H,21,23). The lowest BCUT2D eigenvalue weighted by molar-refractivity contribution is -0.116. The Labute approximate surface area is 158 Å². The van der Waals surface area contributed by atoms with E-state index in [0.29, 0.717) is 10.4 Å². The van der Waals surface area contributed by atoms with Gasteiger partial charge in [-0.2, -0.15) is 4.31 Å². The van der Waals surface area contributed by atoms with E-state index in [1.165, 1.54) is 19.2 Å².